The fourth-order valence-corrected chi connectivity index (χ4v) is 4.12. The van der Waals surface area contributed by atoms with Gasteiger partial charge < -0.3 is 15.0 Å². The van der Waals surface area contributed by atoms with E-state index in [0.717, 1.165) is 68.9 Å². The Bertz CT molecular complexity index is 1000. The number of amides is 2. The van der Waals surface area contributed by atoms with Gasteiger partial charge in [0.15, 0.2) is 0 Å². The lowest BCUT2D eigenvalue weighted by molar-refractivity contribution is -0.133. The molecule has 1 aliphatic heterocycles. The highest BCUT2D eigenvalue weighted by Crippen LogP contribution is 2.28. The summed E-state index contributed by atoms with van der Waals surface area (Å²) in [6, 6.07) is 17.7. The summed E-state index contributed by atoms with van der Waals surface area (Å²) in [4.78, 5) is 28.3. The molecule has 1 aliphatic carbocycles. The molecule has 7 heteroatoms. The van der Waals surface area contributed by atoms with Crippen molar-refractivity contribution >= 4 is 11.8 Å². The lowest BCUT2D eigenvalue weighted by Crippen LogP contribution is -2.49. The molecule has 0 aromatic heterocycles. The van der Waals surface area contributed by atoms with E-state index in [1.165, 1.54) is 0 Å². The minimum Gasteiger partial charge on any atom is -0.494 e. The van der Waals surface area contributed by atoms with E-state index >= 15 is 0 Å². The van der Waals surface area contributed by atoms with Crippen molar-refractivity contribution in [2.75, 3.05) is 45.9 Å². The van der Waals surface area contributed by atoms with Crippen molar-refractivity contribution in [3.05, 3.63) is 54.1 Å². The van der Waals surface area contributed by atoms with Crippen molar-refractivity contribution in [3.8, 4) is 22.9 Å². The number of nitrogens with one attached hydrogen (secondary N) is 1. The maximum absolute atomic E-state index is 12.4. The van der Waals surface area contributed by atoms with E-state index in [-0.39, 0.29) is 17.7 Å². The highest BCUT2D eigenvalue weighted by molar-refractivity contribution is 5.82. The molecule has 2 aromatic carbocycles. The number of ether oxygens (including phenoxy) is 1. The van der Waals surface area contributed by atoms with Crippen LogP contribution in [0.5, 0.6) is 5.75 Å². The van der Waals surface area contributed by atoms with Crippen molar-refractivity contribution in [3.63, 3.8) is 0 Å². The molecule has 2 aliphatic rings. The third-order valence-electron chi connectivity index (χ3n) is 6.40. The standard InChI is InChI=1S/C27H32N4O3/c28-20-21-2-4-22(5-3-21)23-8-10-25(11-9-23)34-19-1-14-30-15-17-31(18-16-30)26(32)12-13-29-27(33)24-6-7-24/h2-5,8-11,24H,1,6-7,12-19H2,(H,29,33). The number of piperazine rings is 1. The molecule has 34 heavy (non-hydrogen) atoms. The van der Waals surface area contributed by atoms with Gasteiger partial charge >= 0.3 is 0 Å². The third kappa shape index (κ3) is 6.82. The van der Waals surface area contributed by atoms with Gasteiger partial charge in [-0.15, -0.1) is 0 Å². The van der Waals surface area contributed by atoms with Crippen LogP contribution in [0.1, 0.15) is 31.2 Å². The number of hydrogen-bond donors (Lipinski definition) is 1. The Morgan fingerprint density at radius 1 is 0.971 bits per heavy atom. The molecule has 7 nitrogen and oxygen atoms in total. The zero-order valence-corrected chi connectivity index (χ0v) is 19.5. The molecule has 2 amide bonds. The summed E-state index contributed by atoms with van der Waals surface area (Å²) in [5, 5.41) is 11.8. The average molecular weight is 461 g/mol. The van der Waals surface area contributed by atoms with Crippen molar-refractivity contribution in [1.29, 1.82) is 5.26 Å². The maximum Gasteiger partial charge on any atom is 0.224 e. The molecule has 1 N–H and O–H groups in total. The number of benzene rings is 2. The largest absolute Gasteiger partial charge is 0.494 e. The monoisotopic (exact) mass is 460 g/mol. The first-order chi connectivity index (χ1) is 16.6. The third-order valence-corrected chi connectivity index (χ3v) is 6.40. The van der Waals surface area contributed by atoms with Crippen molar-refractivity contribution in [1.82, 2.24) is 15.1 Å². The molecule has 2 aromatic rings. The summed E-state index contributed by atoms with van der Waals surface area (Å²) in [6.07, 6.45) is 3.28. The molecule has 0 radical (unpaired) electrons. The summed E-state index contributed by atoms with van der Waals surface area (Å²) in [5.74, 6) is 1.27. The van der Waals surface area contributed by atoms with Crippen LogP contribution in [0.2, 0.25) is 0 Å². The molecule has 2 fully saturated rings. The summed E-state index contributed by atoms with van der Waals surface area (Å²) < 4.78 is 5.90. The maximum atomic E-state index is 12.4. The second kappa shape index (κ2) is 11.7. The zero-order chi connectivity index (χ0) is 23.8. The fourth-order valence-electron chi connectivity index (χ4n) is 4.12. The van der Waals surface area contributed by atoms with Gasteiger partial charge in [0, 0.05) is 51.6 Å². The van der Waals surface area contributed by atoms with E-state index in [1.54, 1.807) is 0 Å². The second-order valence-electron chi connectivity index (χ2n) is 8.95. The van der Waals surface area contributed by atoms with Crippen LogP contribution >= 0.6 is 0 Å². The highest BCUT2D eigenvalue weighted by Gasteiger charge is 2.29. The molecule has 0 unspecified atom stereocenters. The van der Waals surface area contributed by atoms with Gasteiger partial charge in [-0.3, -0.25) is 14.5 Å². The Kier molecular flexibility index (Phi) is 8.16. The van der Waals surface area contributed by atoms with E-state index in [0.29, 0.717) is 25.1 Å². The Hall–Kier alpha value is -3.37. The number of rotatable bonds is 10. The lowest BCUT2D eigenvalue weighted by Gasteiger charge is -2.34. The molecule has 1 heterocycles. The smallest absolute Gasteiger partial charge is 0.224 e. The van der Waals surface area contributed by atoms with E-state index < -0.39 is 0 Å². The van der Waals surface area contributed by atoms with Crippen molar-refractivity contribution in [2.24, 2.45) is 5.92 Å². The van der Waals surface area contributed by atoms with Gasteiger partial charge in [-0.2, -0.15) is 5.26 Å². The van der Waals surface area contributed by atoms with Crippen LogP contribution in [0.3, 0.4) is 0 Å². The summed E-state index contributed by atoms with van der Waals surface area (Å²) in [6.45, 7) is 5.28. The van der Waals surface area contributed by atoms with Gasteiger partial charge in [-0.1, -0.05) is 24.3 Å². The first-order valence-corrected chi connectivity index (χ1v) is 12.1. The Morgan fingerprint density at radius 2 is 1.62 bits per heavy atom. The van der Waals surface area contributed by atoms with E-state index in [2.05, 4.69) is 16.3 Å². The Balaban J connectivity index is 1.09. The van der Waals surface area contributed by atoms with Gasteiger partial charge in [0.25, 0.3) is 0 Å². The summed E-state index contributed by atoms with van der Waals surface area (Å²) in [7, 11) is 0. The molecule has 178 valence electrons. The summed E-state index contributed by atoms with van der Waals surface area (Å²) in [5.41, 5.74) is 2.83. The second-order valence-corrected chi connectivity index (χ2v) is 8.95. The minimum absolute atomic E-state index is 0.0992. The van der Waals surface area contributed by atoms with Gasteiger partial charge in [-0.05, 0) is 54.7 Å². The van der Waals surface area contributed by atoms with Crippen molar-refractivity contribution in [2.45, 2.75) is 25.7 Å². The molecule has 1 saturated carbocycles. The van der Waals surface area contributed by atoms with Crippen LogP contribution in [-0.4, -0.2) is 67.5 Å². The van der Waals surface area contributed by atoms with Gasteiger partial charge in [0.2, 0.25) is 11.8 Å². The van der Waals surface area contributed by atoms with Gasteiger partial charge in [-0.25, -0.2) is 0 Å². The lowest BCUT2D eigenvalue weighted by atomic mass is 10.0. The summed E-state index contributed by atoms with van der Waals surface area (Å²) >= 11 is 0. The predicted molar refractivity (Wildman–Crippen MR) is 130 cm³/mol. The SMILES string of the molecule is N#Cc1ccc(-c2ccc(OCCCN3CCN(C(=O)CCNC(=O)C4CC4)CC3)cc2)cc1. The molecule has 0 atom stereocenters. The molecule has 4 rings (SSSR count). The topological polar surface area (TPSA) is 85.7 Å². The van der Waals surface area contributed by atoms with E-state index in [9.17, 15) is 9.59 Å². The number of nitriles is 1. The van der Waals surface area contributed by atoms with Crippen LogP contribution in [0.4, 0.5) is 0 Å². The predicted octanol–water partition coefficient (Wildman–Crippen LogP) is 3.05. The van der Waals surface area contributed by atoms with Gasteiger partial charge in [0.1, 0.15) is 5.75 Å². The molecular weight excluding hydrogens is 428 g/mol. The molecular formula is C27H32N4O3. The van der Waals surface area contributed by atoms with Crippen LogP contribution in [0, 0.1) is 17.2 Å². The number of carbonyl (C=O) groups excluding carboxylic acids is 2. The van der Waals surface area contributed by atoms with Crippen LogP contribution in [0.25, 0.3) is 11.1 Å². The average Bonchev–Trinajstić information content (AvgIpc) is 3.73. The number of nitrogens with zero attached hydrogens (tertiary/aromatic N) is 3. The normalized spacial score (nSPS) is 16.0. The first-order valence-electron chi connectivity index (χ1n) is 12.1. The zero-order valence-electron chi connectivity index (χ0n) is 19.5. The molecule has 0 spiro atoms. The van der Waals surface area contributed by atoms with E-state index in [4.69, 9.17) is 10.00 Å². The first kappa shape index (κ1) is 23.8. The quantitative estimate of drug-likeness (QED) is 0.551. The molecule has 1 saturated heterocycles. The highest BCUT2D eigenvalue weighted by atomic mass is 16.5. The van der Waals surface area contributed by atoms with Crippen LogP contribution in [-0.2, 0) is 9.59 Å². The van der Waals surface area contributed by atoms with Crippen LogP contribution < -0.4 is 10.1 Å². The minimum atomic E-state index is 0.0992. The number of hydrogen-bond acceptors (Lipinski definition) is 5. The van der Waals surface area contributed by atoms with Crippen LogP contribution in [0.15, 0.2) is 48.5 Å². The fraction of sp³-hybridized carbons (Fsp3) is 0.444. The van der Waals surface area contributed by atoms with Gasteiger partial charge in [0.05, 0.1) is 18.2 Å². The Morgan fingerprint density at radius 3 is 2.24 bits per heavy atom. The Labute approximate surface area is 201 Å². The van der Waals surface area contributed by atoms with E-state index in [1.807, 2.05) is 53.4 Å². The number of carbonyl (C=O) groups is 2. The van der Waals surface area contributed by atoms with Crippen molar-refractivity contribution < 1.29 is 14.3 Å². The molecule has 0 bridgehead atoms.